The molecule has 0 spiro atoms. The lowest BCUT2D eigenvalue weighted by atomic mass is 10.0. The Labute approximate surface area is 139 Å². The third-order valence-electron chi connectivity index (χ3n) is 3.48. The van der Waals surface area contributed by atoms with Crippen LogP contribution >= 0.6 is 0 Å². The molecule has 0 aliphatic rings. The number of methoxy groups -OCH3 is 1. The van der Waals surface area contributed by atoms with Crippen molar-refractivity contribution in [1.82, 2.24) is 0 Å². The number of aryl methyl sites for hydroxylation is 2. The van der Waals surface area contributed by atoms with E-state index in [1.807, 2.05) is 26.0 Å². The van der Waals surface area contributed by atoms with Crippen molar-refractivity contribution >= 4 is 11.9 Å². The van der Waals surface area contributed by atoms with Crippen LogP contribution in [-0.4, -0.2) is 19.5 Å². The average molecular weight is 332 g/mol. The van der Waals surface area contributed by atoms with Gasteiger partial charge >= 0.3 is 6.61 Å². The number of hydrogen-bond donors (Lipinski definition) is 0. The predicted molar refractivity (Wildman–Crippen MR) is 88.9 cm³/mol. The van der Waals surface area contributed by atoms with Crippen molar-refractivity contribution in [3.05, 3.63) is 64.7 Å². The molecule has 0 heterocycles. The Hall–Kier alpha value is -2.69. The first-order valence-electron chi connectivity index (χ1n) is 7.33. The second-order valence-electron chi connectivity index (χ2n) is 5.30. The number of carbonyl (C=O) groups excluding carboxylic acids is 1. The number of halogens is 2. The first-order chi connectivity index (χ1) is 11.4. The quantitative estimate of drug-likeness (QED) is 0.562. The van der Waals surface area contributed by atoms with Gasteiger partial charge in [0, 0.05) is 5.56 Å². The van der Waals surface area contributed by atoms with Crippen LogP contribution in [0, 0.1) is 13.8 Å². The summed E-state index contributed by atoms with van der Waals surface area (Å²) in [4.78, 5) is 12.3. The van der Waals surface area contributed by atoms with Gasteiger partial charge in [-0.2, -0.15) is 8.78 Å². The fraction of sp³-hybridized carbons (Fsp3) is 0.211. The van der Waals surface area contributed by atoms with Gasteiger partial charge in [-0.05, 0) is 43.2 Å². The highest BCUT2D eigenvalue weighted by molar-refractivity contribution is 6.07. The molecule has 2 rings (SSSR count). The van der Waals surface area contributed by atoms with Crippen molar-refractivity contribution < 1.29 is 23.0 Å². The minimum atomic E-state index is -2.92. The molecule has 2 aromatic rings. The van der Waals surface area contributed by atoms with E-state index in [2.05, 4.69) is 4.74 Å². The Balaban J connectivity index is 2.20. The van der Waals surface area contributed by atoms with Crippen molar-refractivity contribution in [3.63, 3.8) is 0 Å². The van der Waals surface area contributed by atoms with Gasteiger partial charge in [-0.25, -0.2) is 0 Å². The first kappa shape index (κ1) is 17.7. The molecule has 0 radical (unpaired) electrons. The fourth-order valence-electron chi connectivity index (χ4n) is 2.33. The zero-order valence-corrected chi connectivity index (χ0v) is 13.7. The summed E-state index contributed by atoms with van der Waals surface area (Å²) >= 11 is 0. The van der Waals surface area contributed by atoms with Crippen LogP contribution < -0.4 is 9.47 Å². The molecule has 0 aliphatic carbocycles. The molecule has 0 unspecified atom stereocenters. The third kappa shape index (κ3) is 4.41. The van der Waals surface area contributed by atoms with Crippen molar-refractivity contribution in [2.75, 3.05) is 7.11 Å². The van der Waals surface area contributed by atoms with Crippen LogP contribution in [0.5, 0.6) is 11.5 Å². The number of rotatable bonds is 6. The van der Waals surface area contributed by atoms with Crippen LogP contribution in [0.2, 0.25) is 0 Å². The lowest BCUT2D eigenvalue weighted by molar-refractivity contribution is -0.0512. The molecule has 0 saturated carbocycles. The van der Waals surface area contributed by atoms with Gasteiger partial charge in [-0.3, -0.25) is 4.79 Å². The summed E-state index contributed by atoms with van der Waals surface area (Å²) in [5.74, 6) is 0.00106. The average Bonchev–Trinajstić information content (AvgIpc) is 2.53. The number of hydrogen-bond acceptors (Lipinski definition) is 3. The maximum Gasteiger partial charge on any atom is 0.387 e. The molecule has 0 aliphatic heterocycles. The van der Waals surface area contributed by atoms with E-state index in [9.17, 15) is 13.6 Å². The van der Waals surface area contributed by atoms with E-state index in [1.54, 1.807) is 18.2 Å². The Morgan fingerprint density at radius 2 is 1.83 bits per heavy atom. The summed E-state index contributed by atoms with van der Waals surface area (Å²) in [6.45, 7) is 0.923. The summed E-state index contributed by atoms with van der Waals surface area (Å²) in [6, 6.07) is 10.1. The number of carbonyl (C=O) groups is 1. The normalized spacial score (nSPS) is 11.1. The summed E-state index contributed by atoms with van der Waals surface area (Å²) in [5.41, 5.74) is 3.27. The van der Waals surface area contributed by atoms with Crippen LogP contribution in [-0.2, 0) is 0 Å². The molecular weight excluding hydrogens is 314 g/mol. The molecule has 0 fully saturated rings. The van der Waals surface area contributed by atoms with Crippen molar-refractivity contribution in [1.29, 1.82) is 0 Å². The molecule has 0 bridgehead atoms. The highest BCUT2D eigenvalue weighted by atomic mass is 19.3. The Morgan fingerprint density at radius 1 is 1.08 bits per heavy atom. The number of allylic oxidation sites excluding steroid dienone is 1. The molecule has 24 heavy (non-hydrogen) atoms. The highest BCUT2D eigenvalue weighted by Gasteiger charge is 2.11. The van der Waals surface area contributed by atoms with E-state index in [1.165, 1.54) is 25.3 Å². The zero-order chi connectivity index (χ0) is 17.7. The van der Waals surface area contributed by atoms with Crippen molar-refractivity contribution in [3.8, 4) is 11.5 Å². The maximum absolute atomic E-state index is 12.3. The van der Waals surface area contributed by atoms with Crippen LogP contribution in [0.3, 0.4) is 0 Å². The smallest absolute Gasteiger partial charge is 0.387 e. The summed E-state index contributed by atoms with van der Waals surface area (Å²) in [5, 5.41) is 0. The summed E-state index contributed by atoms with van der Waals surface area (Å²) < 4.78 is 34.0. The van der Waals surface area contributed by atoms with Gasteiger partial charge in [-0.1, -0.05) is 35.9 Å². The van der Waals surface area contributed by atoms with Gasteiger partial charge in [0.05, 0.1) is 7.11 Å². The van der Waals surface area contributed by atoms with Crippen molar-refractivity contribution in [2.45, 2.75) is 20.5 Å². The molecule has 3 nitrogen and oxygen atoms in total. The van der Waals surface area contributed by atoms with E-state index < -0.39 is 6.61 Å². The minimum Gasteiger partial charge on any atom is -0.493 e. The van der Waals surface area contributed by atoms with E-state index in [4.69, 9.17) is 4.74 Å². The molecule has 2 aromatic carbocycles. The van der Waals surface area contributed by atoms with Crippen LogP contribution in [0.25, 0.3) is 6.08 Å². The summed E-state index contributed by atoms with van der Waals surface area (Å²) in [7, 11) is 1.36. The van der Waals surface area contributed by atoms with Gasteiger partial charge in [-0.15, -0.1) is 0 Å². The van der Waals surface area contributed by atoms with E-state index in [0.29, 0.717) is 11.1 Å². The third-order valence-corrected chi connectivity index (χ3v) is 3.48. The van der Waals surface area contributed by atoms with E-state index in [0.717, 1.165) is 11.1 Å². The molecule has 5 heteroatoms. The molecule has 0 atom stereocenters. The number of ether oxygens (including phenoxy) is 2. The monoisotopic (exact) mass is 332 g/mol. The molecule has 0 amide bonds. The van der Waals surface area contributed by atoms with Crippen LogP contribution in [0.1, 0.15) is 27.0 Å². The standard InChI is InChI=1S/C19H18F2O3/c1-12-4-7-15(13(2)10-12)16(22)8-5-14-6-9-17(24-19(20)21)18(11-14)23-3/h4-11,19H,1-3H3/b8-5+. The van der Waals surface area contributed by atoms with Crippen LogP contribution in [0.4, 0.5) is 8.78 Å². The largest absolute Gasteiger partial charge is 0.493 e. The van der Waals surface area contributed by atoms with E-state index in [-0.39, 0.29) is 17.3 Å². The maximum atomic E-state index is 12.3. The van der Waals surface area contributed by atoms with Crippen molar-refractivity contribution in [2.24, 2.45) is 0 Å². The number of alkyl halides is 2. The molecule has 0 N–H and O–H groups in total. The Bertz CT molecular complexity index is 767. The number of ketones is 1. The number of benzene rings is 2. The second kappa shape index (κ2) is 7.73. The molecule has 126 valence electrons. The topological polar surface area (TPSA) is 35.5 Å². The van der Waals surface area contributed by atoms with Gasteiger partial charge in [0.25, 0.3) is 0 Å². The zero-order valence-electron chi connectivity index (χ0n) is 13.7. The Kier molecular flexibility index (Phi) is 5.68. The fourth-order valence-corrected chi connectivity index (χ4v) is 2.33. The molecule has 0 aromatic heterocycles. The second-order valence-corrected chi connectivity index (χ2v) is 5.30. The Morgan fingerprint density at radius 3 is 2.46 bits per heavy atom. The van der Waals surface area contributed by atoms with Gasteiger partial charge in [0.1, 0.15) is 0 Å². The summed E-state index contributed by atoms with van der Waals surface area (Å²) in [6.07, 6.45) is 3.05. The minimum absolute atomic E-state index is 0.0506. The lowest BCUT2D eigenvalue weighted by Crippen LogP contribution is -2.03. The molecule has 0 saturated heterocycles. The molecular formula is C19H18F2O3. The van der Waals surface area contributed by atoms with Crippen LogP contribution in [0.15, 0.2) is 42.5 Å². The highest BCUT2D eigenvalue weighted by Crippen LogP contribution is 2.30. The van der Waals surface area contributed by atoms with Gasteiger partial charge < -0.3 is 9.47 Å². The first-order valence-corrected chi connectivity index (χ1v) is 7.33. The predicted octanol–water partition coefficient (Wildman–Crippen LogP) is 4.81. The van der Waals surface area contributed by atoms with Gasteiger partial charge in [0.15, 0.2) is 17.3 Å². The SMILES string of the molecule is COc1cc(/C=C/C(=O)c2ccc(C)cc2C)ccc1OC(F)F. The van der Waals surface area contributed by atoms with E-state index >= 15 is 0 Å². The lowest BCUT2D eigenvalue weighted by Gasteiger charge is -2.10. The van der Waals surface area contributed by atoms with Gasteiger partial charge in [0.2, 0.25) is 0 Å².